The van der Waals surface area contributed by atoms with Crippen LogP contribution in [-0.2, 0) is 9.53 Å². The van der Waals surface area contributed by atoms with Gasteiger partial charge in [-0.3, -0.25) is 4.79 Å². The van der Waals surface area contributed by atoms with Crippen LogP contribution in [-0.4, -0.2) is 5.78 Å². The summed E-state index contributed by atoms with van der Waals surface area (Å²) >= 11 is 5.98. The van der Waals surface area contributed by atoms with Crippen molar-refractivity contribution >= 4 is 17.4 Å². The standard InChI is InChI=1S/C20H15ClN2O3/c21-13-5-3-11(4-6-13)18-14(10-22)20(23)26-17-9-12(8-15(24)19(17)18)16-2-1-7-25-16/h1-7,12,18H,8-9,23H2/t12-,18-/m1/s1. The van der Waals surface area contributed by atoms with Crippen LogP contribution in [0.1, 0.15) is 36.0 Å². The summed E-state index contributed by atoms with van der Waals surface area (Å²) in [7, 11) is 0. The minimum absolute atomic E-state index is 0.0408. The van der Waals surface area contributed by atoms with E-state index in [2.05, 4.69) is 6.07 Å². The lowest BCUT2D eigenvalue weighted by Gasteiger charge is -2.33. The van der Waals surface area contributed by atoms with Gasteiger partial charge in [0.15, 0.2) is 5.78 Å². The molecule has 0 saturated carbocycles. The van der Waals surface area contributed by atoms with Crippen LogP contribution < -0.4 is 5.73 Å². The van der Waals surface area contributed by atoms with Gasteiger partial charge in [-0.25, -0.2) is 0 Å². The van der Waals surface area contributed by atoms with Gasteiger partial charge in [-0.2, -0.15) is 5.26 Å². The van der Waals surface area contributed by atoms with E-state index in [1.165, 1.54) is 0 Å². The summed E-state index contributed by atoms with van der Waals surface area (Å²) in [6.07, 6.45) is 2.39. The van der Waals surface area contributed by atoms with Crippen molar-refractivity contribution in [2.45, 2.75) is 24.7 Å². The first-order valence-corrected chi connectivity index (χ1v) is 8.59. The summed E-state index contributed by atoms with van der Waals surface area (Å²) in [6.45, 7) is 0. The van der Waals surface area contributed by atoms with E-state index in [0.29, 0.717) is 29.2 Å². The molecule has 2 aromatic rings. The molecule has 130 valence electrons. The van der Waals surface area contributed by atoms with E-state index in [1.54, 1.807) is 36.6 Å². The molecule has 26 heavy (non-hydrogen) atoms. The summed E-state index contributed by atoms with van der Waals surface area (Å²) in [5.74, 6) is 0.598. The van der Waals surface area contributed by atoms with Gasteiger partial charge in [0.25, 0.3) is 0 Å². The maximum Gasteiger partial charge on any atom is 0.205 e. The van der Waals surface area contributed by atoms with E-state index in [0.717, 1.165) is 11.3 Å². The number of hydrogen-bond acceptors (Lipinski definition) is 5. The molecule has 0 radical (unpaired) electrons. The Balaban J connectivity index is 1.80. The molecule has 2 heterocycles. The number of furan rings is 1. The van der Waals surface area contributed by atoms with Gasteiger partial charge in [0, 0.05) is 29.4 Å². The Labute approximate surface area is 155 Å². The smallest absolute Gasteiger partial charge is 0.205 e. The predicted molar refractivity (Wildman–Crippen MR) is 94.8 cm³/mol. The fourth-order valence-electron chi connectivity index (χ4n) is 3.62. The molecule has 1 aromatic heterocycles. The van der Waals surface area contributed by atoms with Gasteiger partial charge in [-0.05, 0) is 29.8 Å². The molecule has 1 aliphatic heterocycles. The zero-order valence-corrected chi connectivity index (χ0v) is 14.5. The molecule has 5 nitrogen and oxygen atoms in total. The molecule has 0 amide bonds. The summed E-state index contributed by atoms with van der Waals surface area (Å²) in [5, 5.41) is 10.2. The normalized spacial score (nSPS) is 22.7. The number of carbonyl (C=O) groups excluding carboxylic acids is 1. The van der Waals surface area contributed by atoms with Gasteiger partial charge in [-0.15, -0.1) is 0 Å². The Morgan fingerprint density at radius 1 is 1.19 bits per heavy atom. The number of hydrogen-bond donors (Lipinski definition) is 1. The molecule has 0 bridgehead atoms. The lowest BCUT2D eigenvalue weighted by atomic mass is 9.74. The number of nitrogens with zero attached hydrogens (tertiary/aromatic N) is 1. The van der Waals surface area contributed by atoms with Crippen LogP contribution in [0.2, 0.25) is 5.02 Å². The largest absolute Gasteiger partial charge is 0.469 e. The highest BCUT2D eigenvalue weighted by Crippen LogP contribution is 2.46. The molecule has 4 rings (SSSR count). The van der Waals surface area contributed by atoms with Crippen molar-refractivity contribution in [3.05, 3.63) is 81.8 Å². The Morgan fingerprint density at radius 2 is 1.96 bits per heavy atom. The van der Waals surface area contributed by atoms with Crippen LogP contribution >= 0.6 is 11.6 Å². The van der Waals surface area contributed by atoms with Crippen molar-refractivity contribution in [1.29, 1.82) is 5.26 Å². The highest BCUT2D eigenvalue weighted by molar-refractivity contribution is 6.30. The van der Waals surface area contributed by atoms with Gasteiger partial charge in [0.2, 0.25) is 5.88 Å². The number of ketones is 1. The maximum atomic E-state index is 13.0. The Kier molecular flexibility index (Phi) is 4.06. The Hall–Kier alpha value is -2.97. The lowest BCUT2D eigenvalue weighted by molar-refractivity contribution is -0.117. The third-order valence-electron chi connectivity index (χ3n) is 4.81. The number of allylic oxidation sites excluding steroid dienone is 3. The predicted octanol–water partition coefficient (Wildman–Crippen LogP) is 4.14. The third kappa shape index (κ3) is 2.69. The van der Waals surface area contributed by atoms with Crippen LogP contribution in [0, 0.1) is 11.3 Å². The van der Waals surface area contributed by atoms with Crippen molar-refractivity contribution in [2.75, 3.05) is 0 Å². The van der Waals surface area contributed by atoms with Crippen molar-refractivity contribution in [3.8, 4) is 6.07 Å². The molecule has 0 unspecified atom stereocenters. The summed E-state index contributed by atoms with van der Waals surface area (Å²) in [6, 6.07) is 12.8. The Morgan fingerprint density at radius 3 is 2.62 bits per heavy atom. The zero-order chi connectivity index (χ0) is 18.3. The van der Waals surface area contributed by atoms with Crippen LogP contribution in [0.15, 0.2) is 69.9 Å². The first kappa shape index (κ1) is 16.5. The number of ether oxygens (including phenoxy) is 1. The van der Waals surface area contributed by atoms with E-state index in [4.69, 9.17) is 26.5 Å². The minimum Gasteiger partial charge on any atom is -0.469 e. The molecule has 1 aromatic carbocycles. The second-order valence-electron chi connectivity index (χ2n) is 6.36. The van der Waals surface area contributed by atoms with Crippen LogP contribution in [0.3, 0.4) is 0 Å². The highest BCUT2D eigenvalue weighted by atomic mass is 35.5. The molecule has 0 spiro atoms. The number of rotatable bonds is 2. The fourth-order valence-corrected chi connectivity index (χ4v) is 3.75. The molecule has 6 heteroatoms. The van der Waals surface area contributed by atoms with Crippen molar-refractivity contribution in [1.82, 2.24) is 0 Å². The molecule has 1 aliphatic carbocycles. The summed E-state index contributed by atoms with van der Waals surface area (Å²) < 4.78 is 11.1. The molecule has 2 aliphatic rings. The van der Waals surface area contributed by atoms with E-state index >= 15 is 0 Å². The average molecular weight is 367 g/mol. The monoisotopic (exact) mass is 366 g/mol. The van der Waals surface area contributed by atoms with Gasteiger partial charge >= 0.3 is 0 Å². The molecule has 0 fully saturated rings. The van der Waals surface area contributed by atoms with E-state index < -0.39 is 5.92 Å². The van der Waals surface area contributed by atoms with Crippen LogP contribution in [0.4, 0.5) is 0 Å². The van der Waals surface area contributed by atoms with Crippen molar-refractivity contribution < 1.29 is 13.9 Å². The van der Waals surface area contributed by atoms with E-state index in [1.807, 2.05) is 6.07 Å². The van der Waals surface area contributed by atoms with Crippen LogP contribution in [0.25, 0.3) is 0 Å². The zero-order valence-electron chi connectivity index (χ0n) is 13.7. The molecule has 2 atom stereocenters. The highest BCUT2D eigenvalue weighted by Gasteiger charge is 2.41. The topological polar surface area (TPSA) is 89.3 Å². The number of halogens is 1. The molecular formula is C20H15ClN2O3. The summed E-state index contributed by atoms with van der Waals surface area (Å²) in [5.41, 5.74) is 7.54. The van der Waals surface area contributed by atoms with E-state index in [9.17, 15) is 10.1 Å². The van der Waals surface area contributed by atoms with E-state index in [-0.39, 0.29) is 23.2 Å². The molecule has 0 saturated heterocycles. The number of nitriles is 1. The first-order valence-electron chi connectivity index (χ1n) is 8.21. The van der Waals surface area contributed by atoms with Gasteiger partial charge in [0.05, 0.1) is 12.2 Å². The van der Waals surface area contributed by atoms with Crippen LogP contribution in [0.5, 0.6) is 0 Å². The number of carbonyl (C=O) groups is 1. The number of nitrogens with two attached hydrogens (primary N) is 1. The minimum atomic E-state index is -0.536. The first-order chi connectivity index (χ1) is 12.6. The number of Topliss-reactive ketones (excluding diaryl/α,β-unsaturated/α-hetero) is 1. The van der Waals surface area contributed by atoms with Gasteiger partial charge in [0.1, 0.15) is 23.2 Å². The molecule has 2 N–H and O–H groups in total. The second-order valence-corrected chi connectivity index (χ2v) is 6.79. The molecular weight excluding hydrogens is 352 g/mol. The van der Waals surface area contributed by atoms with Crippen molar-refractivity contribution in [3.63, 3.8) is 0 Å². The lowest BCUT2D eigenvalue weighted by Crippen LogP contribution is -2.29. The number of benzene rings is 1. The van der Waals surface area contributed by atoms with Gasteiger partial charge < -0.3 is 14.9 Å². The quantitative estimate of drug-likeness (QED) is 0.862. The fraction of sp³-hybridized carbons (Fsp3) is 0.200. The second kappa shape index (κ2) is 6.40. The Bertz CT molecular complexity index is 965. The average Bonchev–Trinajstić information content (AvgIpc) is 3.16. The summed E-state index contributed by atoms with van der Waals surface area (Å²) in [4.78, 5) is 13.0. The maximum absolute atomic E-state index is 13.0. The van der Waals surface area contributed by atoms with Gasteiger partial charge in [-0.1, -0.05) is 23.7 Å². The SMILES string of the molecule is N#CC1=C(N)OC2=C(C(=O)C[C@@H](c3ccco3)C2)[C@@H]1c1ccc(Cl)cc1. The third-order valence-corrected chi connectivity index (χ3v) is 5.06. The van der Waals surface area contributed by atoms with Crippen molar-refractivity contribution in [2.24, 2.45) is 5.73 Å².